The molecule has 1 aliphatic rings. The summed E-state index contributed by atoms with van der Waals surface area (Å²) in [5.74, 6) is -1.07. The van der Waals surface area contributed by atoms with Gasteiger partial charge in [0.15, 0.2) is 5.78 Å². The number of aromatic nitrogens is 1. The monoisotopic (exact) mass is 325 g/mol. The first kappa shape index (κ1) is 13.7. The second kappa shape index (κ2) is 5.52. The lowest BCUT2D eigenvalue weighted by atomic mass is 10.0. The summed E-state index contributed by atoms with van der Waals surface area (Å²) in [6, 6.07) is 1.43. The van der Waals surface area contributed by atoms with Crippen molar-refractivity contribution in [3.05, 3.63) is 35.2 Å². The van der Waals surface area contributed by atoms with E-state index in [1.165, 1.54) is 22.8 Å². The third-order valence-corrected chi connectivity index (χ3v) is 3.13. The van der Waals surface area contributed by atoms with E-state index >= 15 is 0 Å². The van der Waals surface area contributed by atoms with Crippen molar-refractivity contribution < 1.29 is 19.1 Å². The zero-order valence-corrected chi connectivity index (χ0v) is 11.9. The summed E-state index contributed by atoms with van der Waals surface area (Å²) in [5.41, 5.74) is 0.753. The third-order valence-electron chi connectivity index (χ3n) is 2.77. The first-order valence-electron chi connectivity index (χ1n) is 5.83. The molecule has 0 fully saturated rings. The fourth-order valence-electron chi connectivity index (χ4n) is 2.01. The molecular weight excluding hydrogens is 314 g/mol. The van der Waals surface area contributed by atoms with E-state index in [2.05, 4.69) is 15.9 Å². The van der Waals surface area contributed by atoms with Crippen molar-refractivity contribution in [1.82, 2.24) is 4.57 Å². The van der Waals surface area contributed by atoms with Gasteiger partial charge in [-0.2, -0.15) is 0 Å². The van der Waals surface area contributed by atoms with E-state index in [-0.39, 0.29) is 35.1 Å². The molecule has 2 rings (SSSR count). The molecule has 0 amide bonds. The SMILES string of the molecule is CCOC(=O)c1cc2c(n1CCBr)C(=O)C=CC2=O. The minimum Gasteiger partial charge on any atom is -0.461 e. The summed E-state index contributed by atoms with van der Waals surface area (Å²) < 4.78 is 6.48. The Morgan fingerprint density at radius 3 is 2.63 bits per heavy atom. The van der Waals surface area contributed by atoms with Crippen molar-refractivity contribution in [3.63, 3.8) is 0 Å². The topological polar surface area (TPSA) is 65.4 Å². The molecule has 0 unspecified atom stereocenters. The normalized spacial score (nSPS) is 13.6. The highest BCUT2D eigenvalue weighted by atomic mass is 79.9. The van der Waals surface area contributed by atoms with E-state index in [0.29, 0.717) is 11.9 Å². The van der Waals surface area contributed by atoms with Crippen LogP contribution >= 0.6 is 15.9 Å². The summed E-state index contributed by atoms with van der Waals surface area (Å²) in [7, 11) is 0. The van der Waals surface area contributed by atoms with Crippen LogP contribution in [0.25, 0.3) is 0 Å². The standard InChI is InChI=1S/C13H12BrNO4/c1-2-19-13(18)9-7-8-10(16)3-4-11(17)12(8)15(9)6-5-14/h3-4,7H,2,5-6H2,1H3. The summed E-state index contributed by atoms with van der Waals surface area (Å²) >= 11 is 3.27. The highest BCUT2D eigenvalue weighted by Crippen LogP contribution is 2.23. The molecule has 0 aliphatic heterocycles. The highest BCUT2D eigenvalue weighted by Gasteiger charge is 2.28. The number of ketones is 2. The third kappa shape index (κ3) is 2.40. The number of alkyl halides is 1. The average Bonchev–Trinajstić information content (AvgIpc) is 2.76. The summed E-state index contributed by atoms with van der Waals surface area (Å²) in [4.78, 5) is 35.5. The van der Waals surface area contributed by atoms with Crippen molar-refractivity contribution in [2.75, 3.05) is 11.9 Å². The van der Waals surface area contributed by atoms with Gasteiger partial charge in [0, 0.05) is 11.9 Å². The Morgan fingerprint density at radius 2 is 2.00 bits per heavy atom. The van der Waals surface area contributed by atoms with Crippen molar-refractivity contribution >= 4 is 33.5 Å². The smallest absolute Gasteiger partial charge is 0.354 e. The molecule has 1 heterocycles. The van der Waals surface area contributed by atoms with E-state index in [1.807, 2.05) is 0 Å². The fourth-order valence-corrected chi connectivity index (χ4v) is 2.37. The van der Waals surface area contributed by atoms with Crippen molar-refractivity contribution in [2.24, 2.45) is 0 Å². The van der Waals surface area contributed by atoms with Crippen LogP contribution < -0.4 is 0 Å². The van der Waals surface area contributed by atoms with Gasteiger partial charge in [0.05, 0.1) is 12.2 Å². The van der Waals surface area contributed by atoms with E-state index in [9.17, 15) is 14.4 Å². The van der Waals surface area contributed by atoms with E-state index in [4.69, 9.17) is 4.74 Å². The van der Waals surface area contributed by atoms with Crippen molar-refractivity contribution in [3.8, 4) is 0 Å². The molecule has 0 aromatic carbocycles. The molecule has 0 atom stereocenters. The van der Waals surface area contributed by atoms with Crippen LogP contribution in [0.15, 0.2) is 18.2 Å². The van der Waals surface area contributed by atoms with Crippen LogP contribution in [0.3, 0.4) is 0 Å². The van der Waals surface area contributed by atoms with Crippen LogP contribution in [-0.2, 0) is 11.3 Å². The zero-order valence-electron chi connectivity index (χ0n) is 10.3. The Bertz CT molecular complexity index is 586. The Labute approximate surface area is 118 Å². The number of hydrogen-bond acceptors (Lipinski definition) is 4. The molecule has 1 aromatic heterocycles. The second-order valence-corrected chi connectivity index (χ2v) is 4.71. The van der Waals surface area contributed by atoms with Gasteiger partial charge in [-0.3, -0.25) is 9.59 Å². The molecule has 1 aromatic rings. The fraction of sp³-hybridized carbons (Fsp3) is 0.308. The molecule has 0 saturated carbocycles. The van der Waals surface area contributed by atoms with Gasteiger partial charge in [-0.15, -0.1) is 0 Å². The number of esters is 1. The molecule has 100 valence electrons. The van der Waals surface area contributed by atoms with Gasteiger partial charge in [0.25, 0.3) is 0 Å². The number of allylic oxidation sites excluding steroid dienone is 2. The first-order valence-corrected chi connectivity index (χ1v) is 6.95. The molecule has 1 aliphatic carbocycles. The number of halogens is 1. The molecule has 19 heavy (non-hydrogen) atoms. The molecular formula is C13H12BrNO4. The molecule has 0 bridgehead atoms. The molecule has 5 nitrogen and oxygen atoms in total. The molecule has 0 radical (unpaired) electrons. The predicted molar refractivity (Wildman–Crippen MR) is 72.0 cm³/mol. The van der Waals surface area contributed by atoms with Gasteiger partial charge in [0.2, 0.25) is 5.78 Å². The predicted octanol–water partition coefficient (Wildman–Crippen LogP) is 1.99. The Kier molecular flexibility index (Phi) is 3.99. The molecule has 0 N–H and O–H groups in total. The number of carbonyl (C=O) groups excluding carboxylic acids is 3. The summed E-state index contributed by atoms with van der Waals surface area (Å²) in [5, 5.41) is 0.561. The van der Waals surface area contributed by atoms with Gasteiger partial charge in [0.1, 0.15) is 11.4 Å². The number of ether oxygens (including phenoxy) is 1. The maximum absolute atomic E-state index is 11.9. The van der Waals surface area contributed by atoms with Crippen molar-refractivity contribution in [2.45, 2.75) is 13.5 Å². The van der Waals surface area contributed by atoms with E-state index < -0.39 is 5.97 Å². The number of carbonyl (C=O) groups is 3. The minimum absolute atomic E-state index is 0.233. The first-order chi connectivity index (χ1) is 9.10. The molecule has 6 heteroatoms. The Hall–Kier alpha value is -1.69. The van der Waals surface area contributed by atoms with Crippen LogP contribution in [0.2, 0.25) is 0 Å². The van der Waals surface area contributed by atoms with Gasteiger partial charge in [-0.05, 0) is 25.1 Å². The van der Waals surface area contributed by atoms with Crippen LogP contribution in [0.5, 0.6) is 0 Å². The van der Waals surface area contributed by atoms with Gasteiger partial charge in [-0.1, -0.05) is 15.9 Å². The molecule has 0 saturated heterocycles. The van der Waals surface area contributed by atoms with Crippen LogP contribution in [0.4, 0.5) is 0 Å². The lowest BCUT2D eigenvalue weighted by Crippen LogP contribution is -2.19. The van der Waals surface area contributed by atoms with E-state index in [0.717, 1.165) is 0 Å². The Morgan fingerprint density at radius 1 is 1.32 bits per heavy atom. The Balaban J connectivity index is 2.57. The lowest BCUT2D eigenvalue weighted by molar-refractivity contribution is 0.0514. The zero-order chi connectivity index (χ0) is 14.0. The van der Waals surface area contributed by atoms with Crippen LogP contribution in [0.1, 0.15) is 38.3 Å². The van der Waals surface area contributed by atoms with E-state index in [1.54, 1.807) is 6.92 Å². The highest BCUT2D eigenvalue weighted by molar-refractivity contribution is 9.09. The van der Waals surface area contributed by atoms with Crippen LogP contribution in [-0.4, -0.2) is 34.0 Å². The lowest BCUT2D eigenvalue weighted by Gasteiger charge is -2.11. The van der Waals surface area contributed by atoms with Crippen LogP contribution in [0, 0.1) is 0 Å². The largest absolute Gasteiger partial charge is 0.461 e. The number of fused-ring (bicyclic) bond motifs is 1. The van der Waals surface area contributed by atoms with Gasteiger partial charge in [-0.25, -0.2) is 4.79 Å². The average molecular weight is 326 g/mol. The number of rotatable bonds is 4. The number of hydrogen-bond donors (Lipinski definition) is 0. The number of nitrogens with zero attached hydrogens (tertiary/aromatic N) is 1. The van der Waals surface area contributed by atoms with Gasteiger partial charge < -0.3 is 9.30 Å². The maximum Gasteiger partial charge on any atom is 0.354 e. The minimum atomic E-state index is -0.529. The molecule has 0 spiro atoms. The summed E-state index contributed by atoms with van der Waals surface area (Å²) in [6.45, 7) is 2.35. The van der Waals surface area contributed by atoms with Crippen molar-refractivity contribution in [1.29, 1.82) is 0 Å². The van der Waals surface area contributed by atoms with Gasteiger partial charge >= 0.3 is 5.97 Å². The quantitative estimate of drug-likeness (QED) is 0.627. The summed E-state index contributed by atoms with van der Waals surface area (Å²) in [6.07, 6.45) is 2.45. The second-order valence-electron chi connectivity index (χ2n) is 3.91. The maximum atomic E-state index is 11.9.